The van der Waals surface area contributed by atoms with Gasteiger partial charge in [0.05, 0.1) is 6.04 Å². The van der Waals surface area contributed by atoms with Crippen LogP contribution in [0.4, 0.5) is 8.78 Å². The number of ketones is 1. The molecule has 0 unspecified atom stereocenters. The van der Waals surface area contributed by atoms with Gasteiger partial charge in [0, 0.05) is 5.92 Å². The van der Waals surface area contributed by atoms with E-state index in [1.165, 1.54) is 6.07 Å². The Morgan fingerprint density at radius 1 is 1.14 bits per heavy atom. The average molecular weight is 441 g/mol. The van der Waals surface area contributed by atoms with Crippen LogP contribution in [0.2, 0.25) is 0 Å². The van der Waals surface area contributed by atoms with Crippen LogP contribution in [0, 0.1) is 17.6 Å². The molecule has 2 rings (SSSR count). The molecule has 1 atom stereocenters. The highest BCUT2D eigenvalue weighted by Gasteiger charge is 2.27. The third-order valence-electron chi connectivity index (χ3n) is 4.66. The summed E-state index contributed by atoms with van der Waals surface area (Å²) in [6.07, 6.45) is 5.51. The molecule has 0 radical (unpaired) electrons. The number of halogens is 4. The van der Waals surface area contributed by atoms with E-state index in [0.717, 1.165) is 44.2 Å². The van der Waals surface area contributed by atoms with Gasteiger partial charge in [-0.15, -0.1) is 24.8 Å². The van der Waals surface area contributed by atoms with E-state index in [0.29, 0.717) is 19.4 Å². The van der Waals surface area contributed by atoms with Gasteiger partial charge in [-0.05, 0) is 50.8 Å². The van der Waals surface area contributed by atoms with Crippen molar-refractivity contribution in [2.75, 3.05) is 13.2 Å². The van der Waals surface area contributed by atoms with Gasteiger partial charge in [-0.3, -0.25) is 9.59 Å². The van der Waals surface area contributed by atoms with Crippen molar-refractivity contribution in [3.8, 4) is 5.75 Å². The van der Waals surface area contributed by atoms with Gasteiger partial charge < -0.3 is 15.8 Å². The Morgan fingerprint density at radius 3 is 2.32 bits per heavy atom. The van der Waals surface area contributed by atoms with Crippen molar-refractivity contribution in [1.29, 1.82) is 0 Å². The van der Waals surface area contributed by atoms with Gasteiger partial charge in [-0.1, -0.05) is 18.9 Å². The number of carbonyl (C=O) groups is 2. The monoisotopic (exact) mass is 440 g/mol. The molecule has 0 heterocycles. The van der Waals surface area contributed by atoms with E-state index in [1.807, 2.05) is 0 Å². The third-order valence-corrected chi connectivity index (χ3v) is 4.66. The summed E-state index contributed by atoms with van der Waals surface area (Å²) < 4.78 is 32.3. The minimum absolute atomic E-state index is 0. The van der Waals surface area contributed by atoms with Crippen LogP contribution < -0.4 is 15.8 Å². The maximum atomic E-state index is 13.6. The minimum Gasteiger partial charge on any atom is -0.480 e. The lowest BCUT2D eigenvalue weighted by molar-refractivity contribution is -0.131. The van der Waals surface area contributed by atoms with Crippen molar-refractivity contribution in [1.82, 2.24) is 5.32 Å². The molecular weight excluding hydrogens is 413 g/mol. The molecule has 9 heteroatoms. The number of ether oxygens (including phenoxy) is 1. The number of benzene rings is 1. The van der Waals surface area contributed by atoms with Crippen molar-refractivity contribution < 1.29 is 23.1 Å². The number of unbranched alkanes of at least 4 members (excludes halogenated alkanes) is 1. The lowest BCUT2D eigenvalue weighted by Gasteiger charge is -2.20. The minimum atomic E-state index is -0.868. The molecule has 3 N–H and O–H groups in total. The summed E-state index contributed by atoms with van der Waals surface area (Å²) >= 11 is 0. The third kappa shape index (κ3) is 7.89. The van der Waals surface area contributed by atoms with Gasteiger partial charge in [-0.2, -0.15) is 0 Å². The number of hydrogen-bond acceptors (Lipinski definition) is 4. The molecule has 1 saturated carbocycles. The molecule has 1 aliphatic carbocycles. The topological polar surface area (TPSA) is 81.4 Å². The molecule has 0 spiro atoms. The van der Waals surface area contributed by atoms with Crippen LogP contribution in [-0.4, -0.2) is 30.9 Å². The first kappa shape index (κ1) is 26.6. The Kier molecular flexibility index (Phi) is 13.0. The van der Waals surface area contributed by atoms with Crippen molar-refractivity contribution in [2.24, 2.45) is 11.7 Å². The quantitative estimate of drug-likeness (QED) is 0.544. The fourth-order valence-electron chi connectivity index (χ4n) is 3.15. The highest BCUT2D eigenvalue weighted by Crippen LogP contribution is 2.25. The Morgan fingerprint density at radius 2 is 1.75 bits per heavy atom. The SMILES string of the molecule is Cl.Cl.NCCCC[C@H](NC(=O)C1CCCC1)C(=O)COc1c(F)cccc1F. The van der Waals surface area contributed by atoms with E-state index in [1.54, 1.807) is 0 Å². The zero-order chi connectivity index (χ0) is 18.9. The van der Waals surface area contributed by atoms with Crippen molar-refractivity contribution in [2.45, 2.75) is 51.0 Å². The zero-order valence-electron chi connectivity index (χ0n) is 15.6. The van der Waals surface area contributed by atoms with Crippen LogP contribution in [0.25, 0.3) is 0 Å². The Labute approximate surface area is 176 Å². The molecule has 0 bridgehead atoms. The summed E-state index contributed by atoms with van der Waals surface area (Å²) in [5, 5.41) is 2.79. The number of carbonyl (C=O) groups excluding carboxylic acids is 2. The second-order valence-electron chi connectivity index (χ2n) is 6.63. The predicted molar refractivity (Wildman–Crippen MR) is 108 cm³/mol. The smallest absolute Gasteiger partial charge is 0.223 e. The van der Waals surface area contributed by atoms with Gasteiger partial charge >= 0.3 is 0 Å². The molecule has 28 heavy (non-hydrogen) atoms. The fraction of sp³-hybridized carbons (Fsp3) is 0.579. The van der Waals surface area contributed by atoms with Crippen LogP contribution in [0.5, 0.6) is 5.75 Å². The number of para-hydroxylation sites is 1. The number of nitrogens with one attached hydrogen (secondary N) is 1. The molecule has 0 aromatic heterocycles. The molecule has 1 aromatic carbocycles. The van der Waals surface area contributed by atoms with Crippen LogP contribution in [0.3, 0.4) is 0 Å². The Bertz CT molecular complexity index is 609. The van der Waals surface area contributed by atoms with E-state index in [2.05, 4.69) is 5.32 Å². The fourth-order valence-corrected chi connectivity index (χ4v) is 3.15. The lowest BCUT2D eigenvalue weighted by atomic mass is 10.0. The molecular formula is C19H28Cl2F2N2O3. The first-order valence-electron chi connectivity index (χ1n) is 9.13. The second-order valence-corrected chi connectivity index (χ2v) is 6.63. The molecule has 0 aliphatic heterocycles. The first-order valence-corrected chi connectivity index (χ1v) is 9.13. The zero-order valence-corrected chi connectivity index (χ0v) is 17.3. The molecule has 1 aromatic rings. The summed E-state index contributed by atoms with van der Waals surface area (Å²) in [5.41, 5.74) is 5.48. The normalized spacial score (nSPS) is 14.5. The van der Waals surface area contributed by atoms with Gasteiger partial charge in [0.1, 0.15) is 6.61 Å². The Hall–Kier alpha value is -1.44. The summed E-state index contributed by atoms with van der Waals surface area (Å²) in [6, 6.07) is 2.61. The number of nitrogens with two attached hydrogens (primary N) is 1. The second kappa shape index (κ2) is 13.7. The highest BCUT2D eigenvalue weighted by atomic mass is 35.5. The summed E-state index contributed by atoms with van der Waals surface area (Å²) in [7, 11) is 0. The van der Waals surface area contributed by atoms with Gasteiger partial charge in [0.25, 0.3) is 0 Å². The van der Waals surface area contributed by atoms with Crippen LogP contribution >= 0.6 is 24.8 Å². The van der Waals surface area contributed by atoms with Gasteiger partial charge in [0.2, 0.25) is 5.91 Å². The highest BCUT2D eigenvalue weighted by molar-refractivity contribution is 5.90. The van der Waals surface area contributed by atoms with Crippen LogP contribution in [0.15, 0.2) is 18.2 Å². The lowest BCUT2D eigenvalue weighted by Crippen LogP contribution is -2.45. The maximum Gasteiger partial charge on any atom is 0.223 e. The number of amides is 1. The molecule has 1 amide bonds. The molecule has 160 valence electrons. The van der Waals surface area contributed by atoms with Crippen molar-refractivity contribution in [3.63, 3.8) is 0 Å². The van der Waals surface area contributed by atoms with Gasteiger partial charge in [0.15, 0.2) is 23.2 Å². The predicted octanol–water partition coefficient (Wildman–Crippen LogP) is 3.56. The summed E-state index contributed by atoms with van der Waals surface area (Å²) in [5.74, 6) is -2.92. The average Bonchev–Trinajstić information content (AvgIpc) is 3.15. The summed E-state index contributed by atoms with van der Waals surface area (Å²) in [6.45, 7) is -0.00941. The van der Waals surface area contributed by atoms with E-state index < -0.39 is 35.8 Å². The van der Waals surface area contributed by atoms with E-state index >= 15 is 0 Å². The molecule has 1 aliphatic rings. The van der Waals surface area contributed by atoms with E-state index in [9.17, 15) is 18.4 Å². The van der Waals surface area contributed by atoms with E-state index in [-0.39, 0.29) is 36.6 Å². The number of hydrogen-bond donors (Lipinski definition) is 2. The molecule has 1 fully saturated rings. The first-order chi connectivity index (χ1) is 12.5. The standard InChI is InChI=1S/C19H26F2N2O3.2ClH/c20-14-8-5-9-15(21)18(14)26-12-17(24)16(10-3-4-11-22)23-19(25)13-6-1-2-7-13;;/h5,8-9,13,16H,1-4,6-7,10-12,22H2,(H,23,25);2*1H/t16-;;/m0../s1. The molecule has 0 saturated heterocycles. The largest absolute Gasteiger partial charge is 0.480 e. The maximum absolute atomic E-state index is 13.6. The number of rotatable bonds is 10. The van der Waals surface area contributed by atoms with Gasteiger partial charge in [-0.25, -0.2) is 8.78 Å². The van der Waals surface area contributed by atoms with Crippen LogP contribution in [-0.2, 0) is 9.59 Å². The van der Waals surface area contributed by atoms with E-state index in [4.69, 9.17) is 10.5 Å². The van der Waals surface area contributed by atoms with Crippen LogP contribution in [0.1, 0.15) is 44.9 Å². The number of Topliss-reactive ketones (excluding diaryl/α,β-unsaturated/α-hetero) is 1. The molecule has 5 nitrogen and oxygen atoms in total. The summed E-state index contributed by atoms with van der Waals surface area (Å²) in [4.78, 5) is 24.8. The Balaban J connectivity index is 0.00000364. The van der Waals surface area contributed by atoms with Crippen molar-refractivity contribution >= 4 is 36.5 Å². The van der Waals surface area contributed by atoms with Crippen molar-refractivity contribution in [3.05, 3.63) is 29.8 Å².